The molecule has 2 aromatic carbocycles. The van der Waals surface area contributed by atoms with Crippen LogP contribution in [0.15, 0.2) is 57.5 Å². The summed E-state index contributed by atoms with van der Waals surface area (Å²) in [6, 6.07) is 17.2. The largest absolute Gasteiger partial charge is 0.298 e. The molecule has 1 nitrogen and oxygen atoms in total. The lowest BCUT2D eigenvalue weighted by molar-refractivity contribution is -0.121. The summed E-state index contributed by atoms with van der Waals surface area (Å²) in [7, 11) is 0. The average Bonchev–Trinajstić information content (AvgIpc) is 3.22. The molecular formula is C27H28Br2O. The van der Waals surface area contributed by atoms with Crippen molar-refractivity contribution in [3.8, 4) is 0 Å². The number of benzene rings is 2. The van der Waals surface area contributed by atoms with Crippen LogP contribution in [-0.4, -0.2) is 5.78 Å². The van der Waals surface area contributed by atoms with Crippen LogP contribution in [0.2, 0.25) is 0 Å². The van der Waals surface area contributed by atoms with Gasteiger partial charge in [-0.25, -0.2) is 0 Å². The maximum Gasteiger partial charge on any atom is 0.148 e. The molecule has 0 saturated heterocycles. The van der Waals surface area contributed by atoms with Gasteiger partial charge in [-0.3, -0.25) is 4.79 Å². The van der Waals surface area contributed by atoms with Crippen molar-refractivity contribution in [1.82, 2.24) is 0 Å². The fourth-order valence-electron chi connectivity index (χ4n) is 8.32. The lowest BCUT2D eigenvalue weighted by Gasteiger charge is -2.43. The van der Waals surface area contributed by atoms with Gasteiger partial charge in [-0.1, -0.05) is 81.8 Å². The van der Waals surface area contributed by atoms with Crippen LogP contribution in [0.4, 0.5) is 0 Å². The zero-order chi connectivity index (χ0) is 20.4. The third-order valence-electron chi connectivity index (χ3n) is 8.99. The van der Waals surface area contributed by atoms with Crippen molar-refractivity contribution in [3.63, 3.8) is 0 Å². The monoisotopic (exact) mass is 526 g/mol. The van der Waals surface area contributed by atoms with Crippen molar-refractivity contribution in [2.24, 2.45) is 35.5 Å². The number of Topliss-reactive ketones (excluding diaryl/α,β-unsaturated/α-hetero) is 1. The maximum absolute atomic E-state index is 14.1. The van der Waals surface area contributed by atoms with Crippen LogP contribution in [0, 0.1) is 35.5 Å². The highest BCUT2D eigenvalue weighted by Crippen LogP contribution is 2.68. The maximum atomic E-state index is 14.1. The Balaban J connectivity index is 1.51. The Labute approximate surface area is 196 Å². The number of halogens is 2. The van der Waals surface area contributed by atoms with Crippen molar-refractivity contribution in [3.05, 3.63) is 68.6 Å². The van der Waals surface area contributed by atoms with Crippen molar-refractivity contribution in [1.29, 1.82) is 0 Å². The van der Waals surface area contributed by atoms with E-state index in [1.165, 1.54) is 49.7 Å². The molecule has 3 heteroatoms. The molecule has 2 aromatic rings. The third-order valence-corrected chi connectivity index (χ3v) is 9.98. The van der Waals surface area contributed by atoms with Gasteiger partial charge in [0.25, 0.3) is 0 Å². The quantitative estimate of drug-likeness (QED) is 0.390. The van der Waals surface area contributed by atoms with Crippen molar-refractivity contribution < 1.29 is 4.79 Å². The van der Waals surface area contributed by atoms with Gasteiger partial charge in [-0.2, -0.15) is 0 Å². The summed E-state index contributed by atoms with van der Waals surface area (Å²) in [5.74, 6) is 4.89. The van der Waals surface area contributed by atoms with Gasteiger partial charge < -0.3 is 0 Å². The van der Waals surface area contributed by atoms with Crippen LogP contribution >= 0.6 is 31.9 Å². The standard InChI is InChI=1S/C27H28Br2O/c28-18-9-1-7-16(13-18)23-25-20-11-3-5-15-6-4-12-21(22(15)20)26(25)24(27(23)30)17-8-2-10-19(29)14-17/h1-2,7-10,13-15,20-26H,3-6,11-12H2. The predicted octanol–water partition coefficient (Wildman–Crippen LogP) is 7.74. The van der Waals surface area contributed by atoms with E-state index in [-0.39, 0.29) is 11.8 Å². The first-order chi connectivity index (χ1) is 14.6. The van der Waals surface area contributed by atoms with E-state index < -0.39 is 0 Å². The molecule has 0 aliphatic heterocycles. The molecule has 6 unspecified atom stereocenters. The van der Waals surface area contributed by atoms with Crippen LogP contribution in [0.25, 0.3) is 0 Å². The second kappa shape index (κ2) is 7.59. The highest BCUT2D eigenvalue weighted by atomic mass is 79.9. The number of rotatable bonds is 2. The predicted molar refractivity (Wildman–Crippen MR) is 127 cm³/mol. The number of carbonyl (C=O) groups excluding carboxylic acids is 1. The Kier molecular flexibility index (Phi) is 4.99. The van der Waals surface area contributed by atoms with E-state index in [9.17, 15) is 4.79 Å². The molecule has 4 aliphatic carbocycles. The second-order valence-corrected chi connectivity index (χ2v) is 12.0. The average molecular weight is 528 g/mol. The fourth-order valence-corrected chi connectivity index (χ4v) is 9.15. The molecule has 0 amide bonds. The Hall–Kier alpha value is -0.930. The molecule has 6 rings (SSSR count). The second-order valence-electron chi connectivity index (χ2n) is 10.1. The summed E-state index contributed by atoms with van der Waals surface area (Å²) in [5, 5.41) is 0. The zero-order valence-corrected chi connectivity index (χ0v) is 20.3. The number of ketones is 1. The van der Waals surface area contributed by atoms with Crippen molar-refractivity contribution in [2.45, 2.75) is 50.4 Å². The summed E-state index contributed by atoms with van der Waals surface area (Å²) < 4.78 is 2.18. The van der Waals surface area contributed by atoms with Crippen LogP contribution in [-0.2, 0) is 4.79 Å². The van der Waals surface area contributed by atoms with Gasteiger partial charge in [-0.05, 0) is 83.7 Å². The molecule has 6 atom stereocenters. The van der Waals surface area contributed by atoms with Gasteiger partial charge in [0.2, 0.25) is 0 Å². The van der Waals surface area contributed by atoms with Gasteiger partial charge in [0.1, 0.15) is 5.78 Å². The normalized spacial score (nSPS) is 39.6. The molecule has 0 N–H and O–H groups in total. The van der Waals surface area contributed by atoms with Crippen molar-refractivity contribution in [2.75, 3.05) is 0 Å². The van der Waals surface area contributed by atoms with Gasteiger partial charge in [0.05, 0.1) is 0 Å². The van der Waals surface area contributed by atoms with Crippen LogP contribution in [0.1, 0.15) is 61.5 Å². The molecule has 0 aromatic heterocycles. The number of carbonyl (C=O) groups is 1. The summed E-state index contributed by atoms with van der Waals surface area (Å²) in [6.07, 6.45) is 8.25. The van der Waals surface area contributed by atoms with E-state index in [1.807, 2.05) is 0 Å². The highest BCUT2D eigenvalue weighted by Gasteiger charge is 2.64. The molecular weight excluding hydrogens is 500 g/mol. The van der Waals surface area contributed by atoms with Gasteiger partial charge in [0.15, 0.2) is 0 Å². The lowest BCUT2D eigenvalue weighted by Crippen LogP contribution is -2.36. The van der Waals surface area contributed by atoms with Gasteiger partial charge in [-0.15, -0.1) is 0 Å². The summed E-state index contributed by atoms with van der Waals surface area (Å²) >= 11 is 7.34. The number of hydrogen-bond donors (Lipinski definition) is 0. The van der Waals surface area contributed by atoms with E-state index in [2.05, 4.69) is 80.4 Å². The molecule has 4 fully saturated rings. The Morgan fingerprint density at radius 2 is 1.17 bits per heavy atom. The molecule has 156 valence electrons. The van der Waals surface area contributed by atoms with Crippen LogP contribution < -0.4 is 0 Å². The van der Waals surface area contributed by atoms with Crippen LogP contribution in [0.3, 0.4) is 0 Å². The fraction of sp³-hybridized carbons (Fsp3) is 0.519. The lowest BCUT2D eigenvalue weighted by atomic mass is 9.62. The Morgan fingerprint density at radius 3 is 1.63 bits per heavy atom. The zero-order valence-electron chi connectivity index (χ0n) is 17.1. The van der Waals surface area contributed by atoms with E-state index in [0.29, 0.717) is 17.6 Å². The molecule has 30 heavy (non-hydrogen) atoms. The molecule has 4 saturated carbocycles. The first kappa shape index (κ1) is 19.7. The summed E-state index contributed by atoms with van der Waals surface area (Å²) in [4.78, 5) is 14.1. The minimum atomic E-state index is 0.0610. The molecule has 0 bridgehead atoms. The molecule has 0 heterocycles. The number of fused-ring (bicyclic) bond motifs is 3. The van der Waals surface area contributed by atoms with E-state index in [0.717, 1.165) is 32.6 Å². The van der Waals surface area contributed by atoms with Gasteiger partial charge in [0, 0.05) is 20.8 Å². The Bertz CT molecular complexity index is 909. The van der Waals surface area contributed by atoms with E-state index in [4.69, 9.17) is 0 Å². The highest BCUT2D eigenvalue weighted by molar-refractivity contribution is 9.10. The van der Waals surface area contributed by atoms with Crippen molar-refractivity contribution >= 4 is 37.6 Å². The summed E-state index contributed by atoms with van der Waals surface area (Å²) in [5.41, 5.74) is 2.48. The molecule has 0 radical (unpaired) electrons. The smallest absolute Gasteiger partial charge is 0.148 e. The minimum Gasteiger partial charge on any atom is -0.298 e. The molecule has 0 spiro atoms. The Morgan fingerprint density at radius 1 is 0.667 bits per heavy atom. The topological polar surface area (TPSA) is 17.1 Å². The summed E-state index contributed by atoms with van der Waals surface area (Å²) in [6.45, 7) is 0. The third kappa shape index (κ3) is 2.94. The van der Waals surface area contributed by atoms with E-state index in [1.54, 1.807) is 0 Å². The molecule has 4 aliphatic rings. The first-order valence-corrected chi connectivity index (χ1v) is 13.3. The van der Waals surface area contributed by atoms with E-state index >= 15 is 0 Å². The SMILES string of the molecule is O=C1C(c2cccc(Br)c2)C2C3CCCC4CCCC(C43)C2C1c1cccc(Br)c1. The minimum absolute atomic E-state index is 0.0610. The van der Waals surface area contributed by atoms with Gasteiger partial charge >= 0.3 is 0 Å². The first-order valence-electron chi connectivity index (χ1n) is 11.7. The number of hydrogen-bond acceptors (Lipinski definition) is 1. The van der Waals surface area contributed by atoms with Crippen LogP contribution in [0.5, 0.6) is 0 Å².